The summed E-state index contributed by atoms with van der Waals surface area (Å²) in [6.45, 7) is 6.51. The topological polar surface area (TPSA) is 67.4 Å². The lowest BCUT2D eigenvalue weighted by molar-refractivity contribution is -0.154. The van der Waals surface area contributed by atoms with Crippen LogP contribution in [0.4, 0.5) is 4.79 Å². The van der Waals surface area contributed by atoms with E-state index in [1.54, 1.807) is 7.05 Å². The number of ether oxygens (including phenoxy) is 1. The summed E-state index contributed by atoms with van der Waals surface area (Å²) in [4.78, 5) is 22.3. The number of nitrogens with one attached hydrogen (secondary N) is 2. The van der Waals surface area contributed by atoms with Crippen LogP contribution in [0.25, 0.3) is 0 Å². The van der Waals surface area contributed by atoms with Gasteiger partial charge >= 0.3 is 12.0 Å². The minimum atomic E-state index is -0.422. The van der Waals surface area contributed by atoms with Gasteiger partial charge in [0.25, 0.3) is 0 Å². The second kappa shape index (κ2) is 7.09. The summed E-state index contributed by atoms with van der Waals surface area (Å²) in [5.41, 5.74) is -0.422. The van der Waals surface area contributed by atoms with Crippen LogP contribution < -0.4 is 10.6 Å². The average Bonchev–Trinajstić information content (AvgIpc) is 2.27. The molecule has 2 N–H and O–H groups in total. The highest BCUT2D eigenvalue weighted by molar-refractivity contribution is 5.75. The molecule has 5 heteroatoms. The SMILES string of the molecule is CCC(C)(C)C(=O)OCCCNC(=O)NC. The van der Waals surface area contributed by atoms with E-state index in [4.69, 9.17) is 4.74 Å². The van der Waals surface area contributed by atoms with E-state index in [2.05, 4.69) is 10.6 Å². The average molecular weight is 230 g/mol. The van der Waals surface area contributed by atoms with Crippen molar-refractivity contribution in [2.24, 2.45) is 5.41 Å². The Balaban J connectivity index is 3.60. The molecule has 0 fully saturated rings. The molecule has 94 valence electrons. The van der Waals surface area contributed by atoms with Gasteiger partial charge in [-0.05, 0) is 26.7 Å². The van der Waals surface area contributed by atoms with Crippen molar-refractivity contribution in [3.8, 4) is 0 Å². The van der Waals surface area contributed by atoms with E-state index in [1.165, 1.54) is 0 Å². The summed E-state index contributed by atoms with van der Waals surface area (Å²) >= 11 is 0. The van der Waals surface area contributed by atoms with E-state index in [-0.39, 0.29) is 12.0 Å². The summed E-state index contributed by atoms with van der Waals surface area (Å²) in [5.74, 6) is -0.185. The van der Waals surface area contributed by atoms with E-state index in [0.29, 0.717) is 19.6 Å². The first kappa shape index (κ1) is 14.7. The molecule has 0 spiro atoms. The molecule has 2 amide bonds. The van der Waals surface area contributed by atoms with Crippen LogP contribution in [0.3, 0.4) is 0 Å². The van der Waals surface area contributed by atoms with Gasteiger partial charge in [0, 0.05) is 13.6 Å². The van der Waals surface area contributed by atoms with Crippen molar-refractivity contribution in [1.82, 2.24) is 10.6 Å². The number of hydrogen-bond acceptors (Lipinski definition) is 3. The third-order valence-corrected chi connectivity index (χ3v) is 2.50. The molecule has 0 radical (unpaired) electrons. The Morgan fingerprint density at radius 2 is 1.94 bits per heavy atom. The molecule has 0 aliphatic heterocycles. The van der Waals surface area contributed by atoms with Crippen LogP contribution in [0.15, 0.2) is 0 Å². The van der Waals surface area contributed by atoms with Crippen molar-refractivity contribution in [3.05, 3.63) is 0 Å². The third kappa shape index (κ3) is 5.58. The molecule has 0 saturated heterocycles. The molecule has 0 bridgehead atoms. The smallest absolute Gasteiger partial charge is 0.314 e. The molecular weight excluding hydrogens is 208 g/mol. The summed E-state index contributed by atoms with van der Waals surface area (Å²) in [6.07, 6.45) is 1.38. The maximum Gasteiger partial charge on any atom is 0.314 e. The predicted molar refractivity (Wildman–Crippen MR) is 62.1 cm³/mol. The first-order valence-corrected chi connectivity index (χ1v) is 5.57. The van der Waals surface area contributed by atoms with Crippen molar-refractivity contribution in [1.29, 1.82) is 0 Å². The fourth-order valence-electron chi connectivity index (χ4n) is 0.867. The van der Waals surface area contributed by atoms with Crippen molar-refractivity contribution >= 4 is 12.0 Å². The van der Waals surface area contributed by atoms with Crippen LogP contribution in [0.1, 0.15) is 33.6 Å². The number of rotatable bonds is 6. The third-order valence-electron chi connectivity index (χ3n) is 2.50. The number of hydrogen-bond donors (Lipinski definition) is 2. The highest BCUT2D eigenvalue weighted by Crippen LogP contribution is 2.21. The number of carbonyl (C=O) groups is 2. The molecule has 0 aliphatic rings. The Morgan fingerprint density at radius 3 is 2.44 bits per heavy atom. The normalized spacial score (nSPS) is 10.8. The van der Waals surface area contributed by atoms with E-state index >= 15 is 0 Å². The van der Waals surface area contributed by atoms with Crippen LogP contribution in [-0.4, -0.2) is 32.2 Å². The van der Waals surface area contributed by atoms with Gasteiger partial charge in [-0.2, -0.15) is 0 Å². The van der Waals surface area contributed by atoms with Gasteiger partial charge in [-0.3, -0.25) is 4.79 Å². The molecule has 0 saturated carbocycles. The molecule has 0 aromatic carbocycles. The van der Waals surface area contributed by atoms with Crippen molar-refractivity contribution in [2.75, 3.05) is 20.2 Å². The van der Waals surface area contributed by atoms with Crippen molar-refractivity contribution in [3.63, 3.8) is 0 Å². The van der Waals surface area contributed by atoms with Gasteiger partial charge in [0.15, 0.2) is 0 Å². The van der Waals surface area contributed by atoms with Gasteiger partial charge in [0.2, 0.25) is 0 Å². The standard InChI is InChI=1S/C11H22N2O3/c1-5-11(2,3)9(14)16-8-6-7-13-10(15)12-4/h5-8H2,1-4H3,(H2,12,13,15). The molecule has 0 unspecified atom stereocenters. The lowest BCUT2D eigenvalue weighted by Crippen LogP contribution is -2.34. The van der Waals surface area contributed by atoms with Gasteiger partial charge < -0.3 is 15.4 Å². The van der Waals surface area contributed by atoms with Gasteiger partial charge in [0.05, 0.1) is 12.0 Å². The first-order valence-electron chi connectivity index (χ1n) is 5.57. The monoisotopic (exact) mass is 230 g/mol. The second-order valence-electron chi connectivity index (χ2n) is 4.23. The molecule has 16 heavy (non-hydrogen) atoms. The second-order valence-corrected chi connectivity index (χ2v) is 4.23. The Labute approximate surface area is 96.9 Å². The highest BCUT2D eigenvalue weighted by Gasteiger charge is 2.26. The maximum atomic E-state index is 11.5. The molecule has 0 heterocycles. The Bertz CT molecular complexity index is 239. The van der Waals surface area contributed by atoms with Crippen LogP contribution in [0.2, 0.25) is 0 Å². The minimum absolute atomic E-state index is 0.185. The zero-order valence-corrected chi connectivity index (χ0v) is 10.6. The van der Waals surface area contributed by atoms with Crippen molar-refractivity contribution in [2.45, 2.75) is 33.6 Å². The highest BCUT2D eigenvalue weighted by atomic mass is 16.5. The maximum absolute atomic E-state index is 11.5. The lowest BCUT2D eigenvalue weighted by atomic mass is 9.91. The molecule has 0 atom stereocenters. The quantitative estimate of drug-likeness (QED) is 0.533. The van der Waals surface area contributed by atoms with E-state index in [9.17, 15) is 9.59 Å². The van der Waals surface area contributed by atoms with Gasteiger partial charge in [-0.1, -0.05) is 6.92 Å². The van der Waals surface area contributed by atoms with Crippen molar-refractivity contribution < 1.29 is 14.3 Å². The Hall–Kier alpha value is -1.26. The molecule has 0 aromatic rings. The Kier molecular flexibility index (Phi) is 6.53. The largest absolute Gasteiger partial charge is 0.465 e. The Morgan fingerprint density at radius 1 is 1.31 bits per heavy atom. The molecule has 0 aliphatic carbocycles. The summed E-state index contributed by atoms with van der Waals surface area (Å²) in [7, 11) is 1.55. The van der Waals surface area contributed by atoms with Gasteiger partial charge in [-0.15, -0.1) is 0 Å². The number of esters is 1. The van der Waals surface area contributed by atoms with Crippen LogP contribution in [-0.2, 0) is 9.53 Å². The summed E-state index contributed by atoms with van der Waals surface area (Å²) in [5, 5.41) is 5.06. The van der Waals surface area contributed by atoms with Gasteiger partial charge in [0.1, 0.15) is 0 Å². The van der Waals surface area contributed by atoms with E-state index < -0.39 is 5.41 Å². The molecular formula is C11H22N2O3. The number of urea groups is 1. The zero-order valence-electron chi connectivity index (χ0n) is 10.6. The fourth-order valence-corrected chi connectivity index (χ4v) is 0.867. The van der Waals surface area contributed by atoms with Gasteiger partial charge in [-0.25, -0.2) is 4.79 Å². The van der Waals surface area contributed by atoms with Crippen LogP contribution >= 0.6 is 0 Å². The minimum Gasteiger partial charge on any atom is -0.465 e. The van der Waals surface area contributed by atoms with E-state index in [1.807, 2.05) is 20.8 Å². The molecule has 0 aromatic heterocycles. The molecule has 5 nitrogen and oxygen atoms in total. The zero-order chi connectivity index (χ0) is 12.6. The van der Waals surface area contributed by atoms with Crippen LogP contribution in [0.5, 0.6) is 0 Å². The predicted octanol–water partition coefficient (Wildman–Crippen LogP) is 1.28. The number of amides is 2. The number of carbonyl (C=O) groups excluding carboxylic acids is 2. The summed E-state index contributed by atoms with van der Waals surface area (Å²) < 4.78 is 5.10. The lowest BCUT2D eigenvalue weighted by Gasteiger charge is -2.20. The summed E-state index contributed by atoms with van der Waals surface area (Å²) in [6, 6.07) is -0.222. The first-order chi connectivity index (χ1) is 7.44. The van der Waals surface area contributed by atoms with Crippen LogP contribution in [0, 0.1) is 5.41 Å². The fraction of sp³-hybridized carbons (Fsp3) is 0.818. The molecule has 0 rings (SSSR count). The van der Waals surface area contributed by atoms with E-state index in [0.717, 1.165) is 6.42 Å².